The summed E-state index contributed by atoms with van der Waals surface area (Å²) in [6.45, 7) is 4.93. The summed E-state index contributed by atoms with van der Waals surface area (Å²) in [5, 5.41) is 0. The van der Waals surface area contributed by atoms with Gasteiger partial charge in [-0.2, -0.15) is 0 Å². The van der Waals surface area contributed by atoms with E-state index in [0.717, 1.165) is 11.3 Å². The van der Waals surface area contributed by atoms with Crippen molar-refractivity contribution in [2.24, 2.45) is 5.92 Å². The number of carbonyl (C=O) groups excluding carboxylic acids is 2. The molecule has 0 saturated carbocycles. The fourth-order valence-corrected chi connectivity index (χ4v) is 4.19. The largest absolute Gasteiger partial charge is 0.466 e. The van der Waals surface area contributed by atoms with Crippen molar-refractivity contribution < 1.29 is 18.7 Å². The van der Waals surface area contributed by atoms with Crippen molar-refractivity contribution in [3.63, 3.8) is 0 Å². The Morgan fingerprint density at radius 2 is 1.86 bits per heavy atom. The Balaban J connectivity index is 1.71. The summed E-state index contributed by atoms with van der Waals surface area (Å²) in [6, 6.07) is 13.8. The third-order valence-corrected chi connectivity index (χ3v) is 6.17. The Morgan fingerprint density at radius 1 is 1.14 bits per heavy atom. The van der Waals surface area contributed by atoms with Crippen molar-refractivity contribution in [2.75, 3.05) is 31.6 Å². The number of piperidine rings is 1. The minimum atomic E-state index is -0.348. The zero-order valence-electron chi connectivity index (χ0n) is 20.2. The van der Waals surface area contributed by atoms with Gasteiger partial charge in [0, 0.05) is 37.6 Å². The molecule has 35 heavy (non-hydrogen) atoms. The molecule has 4 rings (SSSR count). The van der Waals surface area contributed by atoms with Crippen LogP contribution in [-0.4, -0.2) is 53.5 Å². The first-order valence-electron chi connectivity index (χ1n) is 11.8. The zero-order valence-corrected chi connectivity index (χ0v) is 20.2. The Morgan fingerprint density at radius 3 is 2.54 bits per heavy atom. The van der Waals surface area contributed by atoms with Crippen LogP contribution in [0.2, 0.25) is 0 Å². The van der Waals surface area contributed by atoms with Gasteiger partial charge >= 0.3 is 5.97 Å². The van der Waals surface area contributed by atoms with Gasteiger partial charge in [-0.05, 0) is 63.1 Å². The molecule has 0 unspecified atom stereocenters. The Bertz CT molecular complexity index is 1200. The predicted octanol–water partition coefficient (Wildman–Crippen LogP) is 4.77. The van der Waals surface area contributed by atoms with Crippen molar-refractivity contribution in [1.29, 1.82) is 0 Å². The zero-order chi connectivity index (χ0) is 24.9. The highest BCUT2D eigenvalue weighted by Gasteiger charge is 2.32. The molecule has 0 radical (unpaired) electrons. The summed E-state index contributed by atoms with van der Waals surface area (Å²) >= 11 is 0. The molecule has 182 valence electrons. The number of aryl methyl sites for hydroxylation is 1. The average Bonchev–Trinajstić information content (AvgIpc) is 2.88. The minimum Gasteiger partial charge on any atom is -0.466 e. The van der Waals surface area contributed by atoms with Crippen molar-refractivity contribution in [2.45, 2.75) is 26.7 Å². The number of hydrogen-bond donors (Lipinski definition) is 0. The number of aromatic nitrogens is 2. The van der Waals surface area contributed by atoms with Gasteiger partial charge in [-0.25, -0.2) is 14.4 Å². The van der Waals surface area contributed by atoms with Gasteiger partial charge < -0.3 is 14.5 Å². The molecule has 2 heterocycles. The van der Waals surface area contributed by atoms with Crippen LogP contribution in [0.1, 0.15) is 35.7 Å². The van der Waals surface area contributed by atoms with E-state index < -0.39 is 0 Å². The third kappa shape index (κ3) is 5.48. The molecule has 1 amide bonds. The van der Waals surface area contributed by atoms with Crippen LogP contribution in [0, 0.1) is 18.7 Å². The number of esters is 1. The topological polar surface area (TPSA) is 75.6 Å². The highest BCUT2D eigenvalue weighted by atomic mass is 19.1. The Kier molecular flexibility index (Phi) is 7.39. The van der Waals surface area contributed by atoms with Crippen LogP contribution in [0.5, 0.6) is 0 Å². The lowest BCUT2D eigenvalue weighted by Gasteiger charge is -2.32. The number of benzene rings is 2. The summed E-state index contributed by atoms with van der Waals surface area (Å²) in [5.74, 6) is -0.377. The summed E-state index contributed by atoms with van der Waals surface area (Å²) in [4.78, 5) is 38.6. The summed E-state index contributed by atoms with van der Waals surface area (Å²) < 4.78 is 18.6. The van der Waals surface area contributed by atoms with Gasteiger partial charge in [-0.15, -0.1) is 0 Å². The van der Waals surface area contributed by atoms with Gasteiger partial charge in [0.05, 0.1) is 12.5 Å². The third-order valence-electron chi connectivity index (χ3n) is 6.17. The van der Waals surface area contributed by atoms with Gasteiger partial charge in [0.1, 0.15) is 17.2 Å². The van der Waals surface area contributed by atoms with Crippen LogP contribution >= 0.6 is 0 Å². The molecule has 1 fully saturated rings. The average molecular weight is 477 g/mol. The maximum absolute atomic E-state index is 13.6. The van der Waals surface area contributed by atoms with Gasteiger partial charge in [0.25, 0.3) is 5.91 Å². The number of amides is 1. The van der Waals surface area contributed by atoms with Crippen LogP contribution in [-0.2, 0) is 9.53 Å². The van der Waals surface area contributed by atoms with E-state index in [-0.39, 0.29) is 23.6 Å². The standard InChI is InChI=1S/C27H29FN4O3/c1-4-35-27(34)20-6-5-15-32(17-20)26(33)23-16-29-24(19-9-11-21(28)12-10-19)30-25(23)31(3)22-13-7-18(2)8-14-22/h7-14,16,20H,4-6,15,17H2,1-3H3/t20-/m0/s1. The molecular weight excluding hydrogens is 447 g/mol. The van der Waals surface area contributed by atoms with E-state index in [2.05, 4.69) is 4.98 Å². The molecule has 3 aromatic rings. The van der Waals surface area contributed by atoms with E-state index in [1.807, 2.05) is 43.1 Å². The first kappa shape index (κ1) is 24.3. The van der Waals surface area contributed by atoms with Crippen LogP contribution in [0.15, 0.2) is 54.7 Å². The number of halogens is 1. The van der Waals surface area contributed by atoms with E-state index in [0.29, 0.717) is 55.3 Å². The van der Waals surface area contributed by atoms with Crippen LogP contribution in [0.3, 0.4) is 0 Å². The molecule has 0 bridgehead atoms. The Labute approximate surface area is 204 Å². The van der Waals surface area contributed by atoms with Crippen molar-refractivity contribution in [3.8, 4) is 11.4 Å². The second-order valence-corrected chi connectivity index (χ2v) is 8.67. The number of rotatable bonds is 6. The number of likely N-dealkylation sites (tertiary alicyclic amines) is 1. The molecule has 8 heteroatoms. The van der Waals surface area contributed by atoms with Crippen LogP contribution < -0.4 is 4.90 Å². The molecule has 1 atom stereocenters. The number of carbonyl (C=O) groups is 2. The van der Waals surface area contributed by atoms with E-state index in [4.69, 9.17) is 9.72 Å². The van der Waals surface area contributed by atoms with Gasteiger partial charge in [-0.1, -0.05) is 17.7 Å². The van der Waals surface area contributed by atoms with Crippen LogP contribution in [0.25, 0.3) is 11.4 Å². The smallest absolute Gasteiger partial charge is 0.310 e. The molecule has 7 nitrogen and oxygen atoms in total. The second-order valence-electron chi connectivity index (χ2n) is 8.67. The van der Waals surface area contributed by atoms with Crippen molar-refractivity contribution in [3.05, 3.63) is 71.7 Å². The van der Waals surface area contributed by atoms with E-state index in [9.17, 15) is 14.0 Å². The molecule has 0 aliphatic carbocycles. The fourth-order valence-electron chi connectivity index (χ4n) is 4.19. The Hall–Kier alpha value is -3.81. The summed E-state index contributed by atoms with van der Waals surface area (Å²) in [5.41, 5.74) is 2.95. The molecule has 2 aromatic carbocycles. The molecule has 0 spiro atoms. The molecule has 1 aliphatic rings. The first-order valence-corrected chi connectivity index (χ1v) is 11.8. The summed E-state index contributed by atoms with van der Waals surface area (Å²) in [6.07, 6.45) is 2.92. The van der Waals surface area contributed by atoms with Crippen molar-refractivity contribution in [1.82, 2.24) is 14.9 Å². The minimum absolute atomic E-state index is 0.237. The SMILES string of the molecule is CCOC(=O)[C@H]1CCCN(C(=O)c2cnc(-c3ccc(F)cc3)nc2N(C)c2ccc(C)cc2)C1. The lowest BCUT2D eigenvalue weighted by molar-refractivity contribution is -0.149. The highest BCUT2D eigenvalue weighted by molar-refractivity contribution is 6.00. The van der Waals surface area contributed by atoms with Gasteiger partial charge in [0.2, 0.25) is 0 Å². The second kappa shape index (κ2) is 10.6. The number of anilines is 2. The summed E-state index contributed by atoms with van der Waals surface area (Å²) in [7, 11) is 1.84. The molecule has 1 aromatic heterocycles. The van der Waals surface area contributed by atoms with Crippen LogP contribution in [0.4, 0.5) is 15.9 Å². The first-order chi connectivity index (χ1) is 16.9. The number of nitrogens with zero attached hydrogens (tertiary/aromatic N) is 4. The number of ether oxygens (including phenoxy) is 1. The van der Waals surface area contributed by atoms with Gasteiger partial charge in [-0.3, -0.25) is 9.59 Å². The maximum Gasteiger partial charge on any atom is 0.310 e. The maximum atomic E-state index is 13.6. The van der Waals surface area contributed by atoms with E-state index in [1.165, 1.54) is 18.3 Å². The molecular formula is C27H29FN4O3. The molecule has 1 saturated heterocycles. The molecule has 1 aliphatic heterocycles. The van der Waals surface area contributed by atoms with E-state index in [1.54, 1.807) is 24.0 Å². The van der Waals surface area contributed by atoms with Crippen molar-refractivity contribution >= 4 is 23.4 Å². The lowest BCUT2D eigenvalue weighted by Crippen LogP contribution is -2.43. The predicted molar refractivity (Wildman–Crippen MR) is 132 cm³/mol. The lowest BCUT2D eigenvalue weighted by atomic mass is 9.97. The fraction of sp³-hybridized carbons (Fsp3) is 0.333. The molecule has 0 N–H and O–H groups in total. The highest BCUT2D eigenvalue weighted by Crippen LogP contribution is 2.30. The van der Waals surface area contributed by atoms with Gasteiger partial charge in [0.15, 0.2) is 5.82 Å². The van der Waals surface area contributed by atoms with E-state index >= 15 is 0 Å². The quantitative estimate of drug-likeness (QED) is 0.477. The number of hydrogen-bond acceptors (Lipinski definition) is 6. The normalized spacial score (nSPS) is 15.5. The monoisotopic (exact) mass is 476 g/mol.